The summed E-state index contributed by atoms with van der Waals surface area (Å²) in [6, 6.07) is 10.7. The van der Waals surface area contributed by atoms with Gasteiger partial charge in [-0.25, -0.2) is 0 Å². The number of hydrogen-bond acceptors (Lipinski definition) is 0. The van der Waals surface area contributed by atoms with E-state index in [2.05, 4.69) is 67.5 Å². The Morgan fingerprint density at radius 3 is 2.50 bits per heavy atom. The number of benzene rings is 1. The van der Waals surface area contributed by atoms with E-state index >= 15 is 0 Å². The third kappa shape index (κ3) is 3.39. The quantitative estimate of drug-likeness (QED) is 0.751. The van der Waals surface area contributed by atoms with Crippen LogP contribution in [0.3, 0.4) is 0 Å². The van der Waals surface area contributed by atoms with Crippen LogP contribution in [0.2, 0.25) is 0 Å². The van der Waals surface area contributed by atoms with E-state index in [9.17, 15) is 0 Å². The van der Waals surface area contributed by atoms with Gasteiger partial charge in [0.2, 0.25) is 0 Å². The Balaban J connectivity index is 2.43. The van der Waals surface area contributed by atoms with Gasteiger partial charge in [-0.2, -0.15) is 0 Å². The Kier molecular flexibility index (Phi) is 5.08. The first kappa shape index (κ1) is 9.07. The van der Waals surface area contributed by atoms with E-state index < -0.39 is 0 Å². The van der Waals surface area contributed by atoms with Crippen LogP contribution in [0.1, 0.15) is 5.56 Å². The molecule has 0 saturated carbocycles. The molecule has 0 amide bonds. The first-order valence-electron chi connectivity index (χ1n) is 3.29. The van der Waals surface area contributed by atoms with E-state index in [1.54, 1.807) is 0 Å². The predicted molar refractivity (Wildman–Crippen MR) is 43.3 cm³/mol. The summed E-state index contributed by atoms with van der Waals surface area (Å²) in [5.41, 5.74) is 1.47. The summed E-state index contributed by atoms with van der Waals surface area (Å²) in [6.45, 7) is 0. The van der Waals surface area contributed by atoms with Gasteiger partial charge in [-0.15, -0.1) is 0 Å². The molecule has 0 radical (unpaired) electrons. The Morgan fingerprint density at radius 1 is 1.20 bits per heavy atom. The normalized spacial score (nSPS) is 10.9. The summed E-state index contributed by atoms with van der Waals surface area (Å²) in [7, 11) is 0. The van der Waals surface area contributed by atoms with Crippen molar-refractivity contribution in [2.75, 3.05) is 6.16 Å². The summed E-state index contributed by atoms with van der Waals surface area (Å²) in [5, 5.41) is 0. The van der Waals surface area contributed by atoms with Crippen LogP contribution in [0.4, 0.5) is 0 Å². The third-order valence-corrected chi connectivity index (χ3v) is 3.47. The maximum atomic E-state index is 2.20. The van der Waals surface area contributed by atoms with E-state index in [1.165, 1.54) is 18.1 Å². The summed E-state index contributed by atoms with van der Waals surface area (Å²) < 4.78 is 1.11. The van der Waals surface area contributed by atoms with E-state index in [4.69, 9.17) is 0 Å². The molecule has 1 rings (SSSR count). The van der Waals surface area contributed by atoms with Crippen molar-refractivity contribution in [3.8, 4) is 0 Å². The van der Waals surface area contributed by atoms with Crippen LogP contribution in [0.5, 0.6) is 0 Å². The minimum absolute atomic E-state index is 1.11. The number of rotatable bonds is 3. The monoisotopic (exact) mass is 295 g/mol. The van der Waals surface area contributed by atoms with Gasteiger partial charge in [0.15, 0.2) is 0 Å². The molecule has 0 saturated heterocycles. The molecule has 2 heteroatoms. The average Bonchev–Trinajstić information content (AvgIpc) is 2.03. The topological polar surface area (TPSA) is 0 Å². The van der Waals surface area contributed by atoms with Gasteiger partial charge in [-0.1, -0.05) is 0 Å². The molecule has 1 aromatic rings. The van der Waals surface area contributed by atoms with Crippen molar-refractivity contribution < 1.29 is 37.1 Å². The average molecular weight is 294 g/mol. The van der Waals surface area contributed by atoms with Crippen molar-refractivity contribution in [3.63, 3.8) is 0 Å². The summed E-state index contributed by atoms with van der Waals surface area (Å²) in [4.78, 5) is 0. The molecule has 0 spiro atoms. The van der Waals surface area contributed by atoms with Gasteiger partial charge >= 0.3 is 89.3 Å². The zero-order valence-corrected chi connectivity index (χ0v) is 8.92. The van der Waals surface area contributed by atoms with Crippen molar-refractivity contribution in [2.24, 2.45) is 0 Å². The first-order valence-corrected chi connectivity index (χ1v) is 7.76. The Labute approximate surface area is 88.3 Å². The molecular formula is C8H10GdP. The standard InChI is InChI=1S/C8H10P.Gd/c9-7-6-8-4-2-1-3-5-8;/h1-5,9H,6-7H2;/q-1;+1. The molecule has 1 unspecified atom stereocenters. The predicted octanol–water partition coefficient (Wildman–Crippen LogP) is 2.37. The van der Waals surface area contributed by atoms with Gasteiger partial charge in [0.1, 0.15) is 0 Å². The van der Waals surface area contributed by atoms with Crippen LogP contribution < -0.4 is 0 Å². The second kappa shape index (κ2) is 5.60. The van der Waals surface area contributed by atoms with Gasteiger partial charge in [0, 0.05) is 0 Å². The van der Waals surface area contributed by atoms with Gasteiger partial charge in [-0.3, -0.25) is 0 Å². The van der Waals surface area contributed by atoms with Gasteiger partial charge in [-0.05, 0) is 0 Å². The van der Waals surface area contributed by atoms with Crippen LogP contribution >= 0.6 is 3.62 Å². The van der Waals surface area contributed by atoms with Crippen LogP contribution in [0.25, 0.3) is 0 Å². The molecule has 0 bridgehead atoms. The Bertz CT molecular complexity index is 174. The molecule has 0 nitrogen and oxygen atoms in total. The fourth-order valence-electron chi connectivity index (χ4n) is 0.833. The van der Waals surface area contributed by atoms with E-state index in [-0.39, 0.29) is 0 Å². The molecule has 0 fully saturated rings. The number of hydrogen-bond donors (Lipinski definition) is 0. The molecule has 0 heterocycles. The van der Waals surface area contributed by atoms with E-state index in [0.29, 0.717) is 0 Å². The van der Waals surface area contributed by atoms with Gasteiger partial charge in [0.05, 0.1) is 0 Å². The second-order valence-corrected chi connectivity index (χ2v) is 5.27. The zero-order valence-electron chi connectivity index (χ0n) is 5.65. The van der Waals surface area contributed by atoms with Crippen LogP contribution in [-0.4, -0.2) is 6.16 Å². The van der Waals surface area contributed by atoms with Gasteiger partial charge in [0.25, 0.3) is 0 Å². The molecule has 0 aromatic heterocycles. The Morgan fingerprint density at radius 2 is 1.90 bits per heavy atom. The van der Waals surface area contributed by atoms with Crippen molar-refractivity contribution in [2.45, 2.75) is 6.42 Å². The third-order valence-electron chi connectivity index (χ3n) is 1.34. The van der Waals surface area contributed by atoms with Crippen LogP contribution in [-0.2, 0) is 6.42 Å². The fourth-order valence-corrected chi connectivity index (χ4v) is 2.06. The molecule has 55 valence electrons. The molecular weight excluding hydrogens is 284 g/mol. The zero-order chi connectivity index (χ0) is 7.23. The minimum atomic E-state index is 1.11. The summed E-state index contributed by atoms with van der Waals surface area (Å²) in [5.74, 6) is 0. The summed E-state index contributed by atoms with van der Waals surface area (Å²) in [6.07, 6.45) is 2.60. The van der Waals surface area contributed by atoms with Crippen molar-refractivity contribution >= 4 is 3.62 Å². The molecule has 0 N–H and O–H groups in total. The van der Waals surface area contributed by atoms with Gasteiger partial charge < -0.3 is 0 Å². The first-order chi connectivity index (χ1) is 4.93. The SMILES string of the molecule is [Gd][PH]CCc1ccccc1. The molecule has 1 aromatic carbocycles. The second-order valence-electron chi connectivity index (χ2n) is 2.11. The van der Waals surface area contributed by atoms with Crippen molar-refractivity contribution in [1.82, 2.24) is 0 Å². The fraction of sp³-hybridized carbons (Fsp3) is 0.250. The maximum absolute atomic E-state index is 2.20. The van der Waals surface area contributed by atoms with Crippen molar-refractivity contribution in [3.05, 3.63) is 35.9 Å². The van der Waals surface area contributed by atoms with Crippen molar-refractivity contribution in [1.29, 1.82) is 0 Å². The van der Waals surface area contributed by atoms with Crippen LogP contribution in [0.15, 0.2) is 30.3 Å². The summed E-state index contributed by atoms with van der Waals surface area (Å²) >= 11 is 2.08. The Hall–Kier alpha value is 0.975. The molecule has 0 aliphatic heterocycles. The van der Waals surface area contributed by atoms with Crippen LogP contribution in [0, 0.1) is 37.1 Å². The molecule has 0 aliphatic carbocycles. The van der Waals surface area contributed by atoms with E-state index in [0.717, 1.165) is 3.62 Å². The molecule has 1 atom stereocenters. The number of aryl methyl sites for hydroxylation is 1. The van der Waals surface area contributed by atoms with E-state index in [1.807, 2.05) is 0 Å². The molecule has 0 aliphatic rings. The molecule has 10 heavy (non-hydrogen) atoms.